The Morgan fingerprint density at radius 2 is 1.78 bits per heavy atom. The highest BCUT2D eigenvalue weighted by Gasteiger charge is 2.37. The lowest BCUT2D eigenvalue weighted by atomic mass is 9.81. The molecule has 0 aliphatic heterocycles. The van der Waals surface area contributed by atoms with Crippen molar-refractivity contribution in [3.05, 3.63) is 71.7 Å². The number of nitrogens with one attached hydrogen (secondary N) is 1. The lowest BCUT2D eigenvalue weighted by Crippen LogP contribution is -2.27. The molecule has 0 unspecified atom stereocenters. The van der Waals surface area contributed by atoms with Crippen LogP contribution in [0.3, 0.4) is 0 Å². The molecule has 2 aliphatic rings. The van der Waals surface area contributed by atoms with E-state index in [2.05, 4.69) is 20.4 Å². The molecule has 192 valence electrons. The first kappa shape index (κ1) is 23.9. The smallest absolute Gasteiger partial charge is 0.229 e. The number of anilines is 2. The van der Waals surface area contributed by atoms with Crippen LogP contribution in [-0.4, -0.2) is 25.6 Å². The van der Waals surface area contributed by atoms with E-state index in [4.69, 9.17) is 5.73 Å². The summed E-state index contributed by atoms with van der Waals surface area (Å²) in [6.45, 7) is 0. The van der Waals surface area contributed by atoms with Gasteiger partial charge in [0.05, 0.1) is 34.9 Å². The monoisotopic (exact) mass is 506 g/mol. The zero-order chi connectivity index (χ0) is 25.6. The predicted octanol–water partition coefficient (Wildman–Crippen LogP) is 6.54. The van der Waals surface area contributed by atoms with Crippen molar-refractivity contribution in [3.63, 3.8) is 0 Å². The molecule has 0 saturated heterocycles. The minimum atomic E-state index is -1.68. The predicted molar refractivity (Wildman–Crippen MR) is 136 cm³/mol. The van der Waals surface area contributed by atoms with E-state index in [0.717, 1.165) is 49.1 Å². The van der Waals surface area contributed by atoms with Crippen LogP contribution in [0.25, 0.3) is 16.8 Å². The summed E-state index contributed by atoms with van der Waals surface area (Å²) in [5.41, 5.74) is 6.98. The maximum atomic E-state index is 15.2. The molecule has 9 heteroatoms. The number of benzene rings is 1. The Morgan fingerprint density at radius 1 is 1.00 bits per heavy atom. The summed E-state index contributed by atoms with van der Waals surface area (Å²) in [5, 5.41) is 7.82. The normalized spacial score (nSPS) is 21.4. The zero-order valence-corrected chi connectivity index (χ0v) is 20.4. The second-order valence-corrected chi connectivity index (χ2v) is 10.3. The molecular formula is C28H29F3N6. The van der Waals surface area contributed by atoms with Gasteiger partial charge in [-0.2, -0.15) is 9.61 Å². The number of hydrogen-bond donors (Lipinski definition) is 2. The van der Waals surface area contributed by atoms with E-state index in [1.807, 2.05) is 6.07 Å². The third-order valence-corrected chi connectivity index (χ3v) is 7.85. The summed E-state index contributed by atoms with van der Waals surface area (Å²) >= 11 is 0. The molecule has 3 N–H and O–H groups in total. The fourth-order valence-corrected chi connectivity index (χ4v) is 5.90. The minimum absolute atomic E-state index is 0.0568. The Morgan fingerprint density at radius 3 is 2.54 bits per heavy atom. The molecule has 2 atom stereocenters. The van der Waals surface area contributed by atoms with Crippen LogP contribution < -0.4 is 11.1 Å². The Labute approximate surface area is 213 Å². The first-order valence-electron chi connectivity index (χ1n) is 12.9. The van der Waals surface area contributed by atoms with Gasteiger partial charge in [0.25, 0.3) is 0 Å². The second kappa shape index (κ2) is 9.45. The SMILES string of the molecule is N[C@H]1CCC[C@@H](c2ccncc2Nc2ncc3ccc(-c4c(F)cc(C5(F)CCCC5)cc4F)nn23)C1. The fraction of sp³-hybridized carbons (Fsp3) is 0.393. The van der Waals surface area contributed by atoms with Crippen LogP contribution in [0.1, 0.15) is 68.4 Å². The van der Waals surface area contributed by atoms with Crippen LogP contribution in [0.2, 0.25) is 0 Å². The molecule has 4 aromatic rings. The van der Waals surface area contributed by atoms with Gasteiger partial charge in [0.15, 0.2) is 0 Å². The number of pyridine rings is 1. The van der Waals surface area contributed by atoms with Gasteiger partial charge in [0.1, 0.15) is 17.3 Å². The van der Waals surface area contributed by atoms with Crippen LogP contribution in [0, 0.1) is 11.6 Å². The molecule has 2 aliphatic carbocycles. The number of fused-ring (bicyclic) bond motifs is 1. The molecule has 1 aromatic carbocycles. The second-order valence-electron chi connectivity index (χ2n) is 10.3. The van der Waals surface area contributed by atoms with Crippen molar-refractivity contribution < 1.29 is 13.2 Å². The lowest BCUT2D eigenvalue weighted by Gasteiger charge is -2.28. The maximum absolute atomic E-state index is 15.2. The molecule has 0 spiro atoms. The number of alkyl halides is 1. The van der Waals surface area contributed by atoms with Gasteiger partial charge in [-0.3, -0.25) is 4.98 Å². The molecule has 0 amide bonds. The topological polar surface area (TPSA) is 81.1 Å². The van der Waals surface area contributed by atoms with Crippen molar-refractivity contribution in [3.8, 4) is 11.3 Å². The Hall–Kier alpha value is -3.46. The van der Waals surface area contributed by atoms with Crippen LogP contribution >= 0.6 is 0 Å². The Balaban J connectivity index is 1.35. The molecular weight excluding hydrogens is 477 g/mol. The standard InChI is InChI=1S/C28H29F3N6/c29-22-13-18(28(31)9-1-2-10-28)14-23(30)26(22)24-7-6-20-15-34-27(37(20)36-24)35-25-16-33-11-8-21(25)17-4-3-5-19(32)12-17/h6-8,11,13-17,19H,1-5,9-10,12,32H2,(H,34,35)/t17-,19+/m1/s1. The van der Waals surface area contributed by atoms with Gasteiger partial charge in [-0.25, -0.2) is 18.2 Å². The molecule has 0 bridgehead atoms. The van der Waals surface area contributed by atoms with Crippen LogP contribution in [0.15, 0.2) is 48.9 Å². The zero-order valence-electron chi connectivity index (χ0n) is 20.4. The van der Waals surface area contributed by atoms with Gasteiger partial charge in [0.2, 0.25) is 5.95 Å². The van der Waals surface area contributed by atoms with Crippen molar-refractivity contribution in [2.75, 3.05) is 5.32 Å². The van der Waals surface area contributed by atoms with E-state index < -0.39 is 17.3 Å². The molecule has 3 aromatic heterocycles. The Kier molecular flexibility index (Phi) is 6.10. The van der Waals surface area contributed by atoms with E-state index in [0.29, 0.717) is 30.2 Å². The van der Waals surface area contributed by atoms with E-state index in [1.165, 1.54) is 4.52 Å². The molecule has 2 fully saturated rings. The van der Waals surface area contributed by atoms with Gasteiger partial charge in [0, 0.05) is 12.2 Å². The average Bonchev–Trinajstić information content (AvgIpc) is 3.51. The third-order valence-electron chi connectivity index (χ3n) is 7.85. The number of hydrogen-bond acceptors (Lipinski definition) is 5. The number of aromatic nitrogens is 4. The van der Waals surface area contributed by atoms with Crippen molar-refractivity contribution >= 4 is 17.2 Å². The van der Waals surface area contributed by atoms with E-state index >= 15 is 13.2 Å². The minimum Gasteiger partial charge on any atom is -0.328 e. The Bertz CT molecular complexity index is 1420. The number of rotatable bonds is 5. The van der Waals surface area contributed by atoms with Crippen LogP contribution in [-0.2, 0) is 5.67 Å². The number of imidazole rings is 1. The molecule has 37 heavy (non-hydrogen) atoms. The number of nitrogens with zero attached hydrogens (tertiary/aromatic N) is 4. The van der Waals surface area contributed by atoms with Crippen molar-refractivity contribution in [1.29, 1.82) is 0 Å². The van der Waals surface area contributed by atoms with Gasteiger partial charge in [-0.15, -0.1) is 0 Å². The van der Waals surface area contributed by atoms with Gasteiger partial charge in [-0.05, 0) is 92.3 Å². The van der Waals surface area contributed by atoms with E-state index in [1.54, 1.807) is 30.7 Å². The summed E-state index contributed by atoms with van der Waals surface area (Å²) in [7, 11) is 0. The highest BCUT2D eigenvalue weighted by molar-refractivity contribution is 5.66. The maximum Gasteiger partial charge on any atom is 0.229 e. The molecule has 3 heterocycles. The fourth-order valence-electron chi connectivity index (χ4n) is 5.90. The van der Waals surface area contributed by atoms with Gasteiger partial charge >= 0.3 is 0 Å². The number of nitrogens with two attached hydrogens (primary N) is 1. The van der Waals surface area contributed by atoms with Crippen molar-refractivity contribution in [2.24, 2.45) is 5.73 Å². The first-order chi connectivity index (χ1) is 17.9. The van der Waals surface area contributed by atoms with Crippen molar-refractivity contribution in [2.45, 2.75) is 69.0 Å². The highest BCUT2D eigenvalue weighted by atomic mass is 19.1. The highest BCUT2D eigenvalue weighted by Crippen LogP contribution is 2.44. The molecule has 0 radical (unpaired) electrons. The summed E-state index contributed by atoms with van der Waals surface area (Å²) in [5.74, 6) is -0.950. The van der Waals surface area contributed by atoms with Crippen LogP contribution in [0.5, 0.6) is 0 Å². The number of halogens is 3. The largest absolute Gasteiger partial charge is 0.328 e. The lowest BCUT2D eigenvalue weighted by molar-refractivity contribution is 0.173. The average molecular weight is 507 g/mol. The van der Waals surface area contributed by atoms with E-state index in [-0.39, 0.29) is 35.7 Å². The third kappa shape index (κ3) is 4.45. The molecule has 2 saturated carbocycles. The van der Waals surface area contributed by atoms with E-state index in [9.17, 15) is 0 Å². The summed E-state index contributed by atoms with van der Waals surface area (Å²) in [4.78, 5) is 8.72. The van der Waals surface area contributed by atoms with Gasteiger partial charge < -0.3 is 11.1 Å². The molecule has 6 nitrogen and oxygen atoms in total. The molecule has 6 rings (SSSR count). The summed E-state index contributed by atoms with van der Waals surface area (Å²) in [6.07, 6.45) is 11.2. The summed E-state index contributed by atoms with van der Waals surface area (Å²) < 4.78 is 47.0. The van der Waals surface area contributed by atoms with Crippen LogP contribution in [0.4, 0.5) is 24.8 Å². The van der Waals surface area contributed by atoms with Gasteiger partial charge in [-0.1, -0.05) is 6.42 Å². The quantitative estimate of drug-likeness (QED) is 0.321. The summed E-state index contributed by atoms with van der Waals surface area (Å²) in [6, 6.07) is 7.63. The van der Waals surface area contributed by atoms with Crippen molar-refractivity contribution in [1.82, 2.24) is 19.6 Å². The first-order valence-corrected chi connectivity index (χ1v) is 12.9.